The van der Waals surface area contributed by atoms with Gasteiger partial charge in [0, 0.05) is 18.2 Å². The van der Waals surface area contributed by atoms with E-state index in [0.29, 0.717) is 0 Å². The van der Waals surface area contributed by atoms with Crippen molar-refractivity contribution in [3.63, 3.8) is 0 Å². The number of nitrogens with two attached hydrogens (primary N) is 1. The first-order valence-corrected chi connectivity index (χ1v) is 4.04. The molecule has 1 aromatic rings. The molecule has 0 saturated carbocycles. The minimum Gasteiger partial charge on any atom is -0.507 e. The lowest BCUT2D eigenvalue weighted by atomic mass is 10.1. The molecule has 0 radical (unpaired) electrons. The molecule has 4 nitrogen and oxygen atoms in total. The van der Waals surface area contributed by atoms with Gasteiger partial charge in [0.15, 0.2) is 11.6 Å². The number of aromatic hydroxyl groups is 1. The summed E-state index contributed by atoms with van der Waals surface area (Å²) in [6.07, 6.45) is -1.07. The third kappa shape index (κ3) is 1.94. The Hall–Kier alpha value is -1.33. The molecule has 0 aliphatic heterocycles. The van der Waals surface area contributed by atoms with E-state index in [9.17, 15) is 14.6 Å². The van der Waals surface area contributed by atoms with Crippen LogP contribution in [0.1, 0.15) is 11.7 Å². The van der Waals surface area contributed by atoms with Crippen LogP contribution >= 0.6 is 0 Å². The average Bonchev–Trinajstić information content (AvgIpc) is 2.19. The summed E-state index contributed by atoms with van der Waals surface area (Å²) in [5.41, 5.74) is 5.24. The number of aliphatic hydroxyl groups excluding tert-OH is 1. The monoisotopic (exact) mass is 201 g/mol. The highest BCUT2D eigenvalue weighted by atomic mass is 19.1. The van der Waals surface area contributed by atoms with E-state index in [-0.39, 0.29) is 23.6 Å². The number of methoxy groups -OCH3 is 1. The molecule has 0 aliphatic rings. The number of aliphatic hydroxyl groups is 1. The van der Waals surface area contributed by atoms with Crippen LogP contribution in [0.3, 0.4) is 0 Å². The van der Waals surface area contributed by atoms with E-state index in [4.69, 9.17) is 5.73 Å². The predicted octanol–water partition coefficient (Wildman–Crippen LogP) is 0.532. The zero-order chi connectivity index (χ0) is 10.7. The summed E-state index contributed by atoms with van der Waals surface area (Å²) >= 11 is 0. The molecular weight excluding hydrogens is 189 g/mol. The topological polar surface area (TPSA) is 75.7 Å². The standard InChI is InChI=1S/C9H12FNO3/c1-14-9-3-7(12)5(2-6(9)10)8(13)4-11/h2-3,8,12-13H,4,11H2,1H3. The summed E-state index contributed by atoms with van der Waals surface area (Å²) in [6.45, 7) is -0.0840. The first-order chi connectivity index (χ1) is 6.60. The second-order valence-electron chi connectivity index (χ2n) is 2.80. The average molecular weight is 201 g/mol. The van der Waals surface area contributed by atoms with Crippen LogP contribution in [-0.2, 0) is 0 Å². The molecular formula is C9H12FNO3. The highest BCUT2D eigenvalue weighted by Gasteiger charge is 2.15. The number of phenols is 1. The predicted molar refractivity (Wildman–Crippen MR) is 48.6 cm³/mol. The Balaban J connectivity index is 3.14. The Morgan fingerprint density at radius 2 is 2.21 bits per heavy atom. The van der Waals surface area contributed by atoms with Gasteiger partial charge >= 0.3 is 0 Å². The lowest BCUT2D eigenvalue weighted by molar-refractivity contribution is 0.182. The third-order valence-corrected chi connectivity index (χ3v) is 1.88. The molecule has 4 N–H and O–H groups in total. The van der Waals surface area contributed by atoms with Crippen molar-refractivity contribution < 1.29 is 19.3 Å². The van der Waals surface area contributed by atoms with Gasteiger partial charge in [-0.25, -0.2) is 4.39 Å². The van der Waals surface area contributed by atoms with Crippen molar-refractivity contribution in [1.82, 2.24) is 0 Å². The number of hydrogen-bond acceptors (Lipinski definition) is 4. The maximum absolute atomic E-state index is 13.1. The van der Waals surface area contributed by atoms with Gasteiger partial charge in [0.05, 0.1) is 13.2 Å². The summed E-state index contributed by atoms with van der Waals surface area (Å²) in [6, 6.07) is 2.11. The third-order valence-electron chi connectivity index (χ3n) is 1.88. The molecule has 0 fully saturated rings. The molecule has 0 saturated heterocycles. The van der Waals surface area contributed by atoms with E-state index in [0.717, 1.165) is 12.1 Å². The Morgan fingerprint density at radius 1 is 1.57 bits per heavy atom. The van der Waals surface area contributed by atoms with Crippen molar-refractivity contribution in [3.8, 4) is 11.5 Å². The minimum atomic E-state index is -1.07. The van der Waals surface area contributed by atoms with Gasteiger partial charge in [-0.3, -0.25) is 0 Å². The molecule has 5 heteroatoms. The van der Waals surface area contributed by atoms with E-state index in [1.165, 1.54) is 7.11 Å². The van der Waals surface area contributed by atoms with Gasteiger partial charge in [-0.15, -0.1) is 0 Å². The van der Waals surface area contributed by atoms with E-state index in [1.54, 1.807) is 0 Å². The number of phenolic OH excluding ortho intramolecular Hbond substituents is 1. The first kappa shape index (κ1) is 10.7. The summed E-state index contributed by atoms with van der Waals surface area (Å²) in [4.78, 5) is 0. The molecule has 1 atom stereocenters. The van der Waals surface area contributed by atoms with Crippen LogP contribution in [0, 0.1) is 5.82 Å². The lowest BCUT2D eigenvalue weighted by Gasteiger charge is -2.11. The van der Waals surface area contributed by atoms with Crippen LogP contribution in [0.25, 0.3) is 0 Å². The smallest absolute Gasteiger partial charge is 0.165 e. The minimum absolute atomic E-state index is 0.0609. The number of rotatable bonds is 3. The Morgan fingerprint density at radius 3 is 2.71 bits per heavy atom. The van der Waals surface area contributed by atoms with E-state index >= 15 is 0 Å². The molecule has 1 aromatic carbocycles. The molecule has 78 valence electrons. The highest BCUT2D eigenvalue weighted by Crippen LogP contribution is 2.30. The highest BCUT2D eigenvalue weighted by molar-refractivity contribution is 5.42. The quantitative estimate of drug-likeness (QED) is 0.666. The Kier molecular flexibility index (Phi) is 3.27. The zero-order valence-electron chi connectivity index (χ0n) is 7.70. The van der Waals surface area contributed by atoms with E-state index in [1.807, 2.05) is 0 Å². The van der Waals surface area contributed by atoms with Crippen LogP contribution < -0.4 is 10.5 Å². The molecule has 0 bridgehead atoms. The maximum atomic E-state index is 13.1. The molecule has 0 heterocycles. The number of hydrogen-bond donors (Lipinski definition) is 3. The van der Waals surface area contributed by atoms with Gasteiger partial charge in [0.2, 0.25) is 0 Å². The number of halogens is 1. The summed E-state index contributed by atoms with van der Waals surface area (Å²) in [7, 11) is 1.29. The van der Waals surface area contributed by atoms with Gasteiger partial charge < -0.3 is 20.7 Å². The van der Waals surface area contributed by atoms with E-state index in [2.05, 4.69) is 4.74 Å². The van der Waals surface area contributed by atoms with Gasteiger partial charge in [-0.05, 0) is 6.07 Å². The fourth-order valence-corrected chi connectivity index (χ4v) is 1.11. The van der Waals surface area contributed by atoms with Crippen LogP contribution in [0.5, 0.6) is 11.5 Å². The second-order valence-corrected chi connectivity index (χ2v) is 2.80. The van der Waals surface area contributed by atoms with Gasteiger partial charge in [-0.2, -0.15) is 0 Å². The van der Waals surface area contributed by atoms with Crippen molar-refractivity contribution in [1.29, 1.82) is 0 Å². The van der Waals surface area contributed by atoms with E-state index < -0.39 is 11.9 Å². The van der Waals surface area contributed by atoms with Crippen LogP contribution in [0.4, 0.5) is 4.39 Å². The molecule has 0 aromatic heterocycles. The van der Waals surface area contributed by atoms with Gasteiger partial charge in [-0.1, -0.05) is 0 Å². The summed E-state index contributed by atoms with van der Waals surface area (Å²) in [5, 5.41) is 18.7. The number of ether oxygens (including phenoxy) is 1. The largest absolute Gasteiger partial charge is 0.507 e. The second kappa shape index (κ2) is 4.26. The van der Waals surface area contributed by atoms with Gasteiger partial charge in [0.1, 0.15) is 5.75 Å². The van der Waals surface area contributed by atoms with Crippen molar-refractivity contribution in [2.75, 3.05) is 13.7 Å². The zero-order valence-corrected chi connectivity index (χ0v) is 7.70. The lowest BCUT2D eigenvalue weighted by Crippen LogP contribution is -2.12. The molecule has 1 rings (SSSR count). The maximum Gasteiger partial charge on any atom is 0.165 e. The fourth-order valence-electron chi connectivity index (χ4n) is 1.11. The Labute approximate surface area is 80.7 Å². The van der Waals surface area contributed by atoms with Crippen LogP contribution in [-0.4, -0.2) is 23.9 Å². The molecule has 0 aliphatic carbocycles. The van der Waals surface area contributed by atoms with Crippen molar-refractivity contribution in [2.24, 2.45) is 5.73 Å². The molecule has 0 amide bonds. The van der Waals surface area contributed by atoms with Crippen LogP contribution in [0.2, 0.25) is 0 Å². The Bertz CT molecular complexity index is 330. The molecule has 14 heavy (non-hydrogen) atoms. The molecule has 0 spiro atoms. The number of benzene rings is 1. The van der Waals surface area contributed by atoms with Crippen LogP contribution in [0.15, 0.2) is 12.1 Å². The summed E-state index contributed by atoms with van der Waals surface area (Å²) < 4.78 is 17.8. The van der Waals surface area contributed by atoms with Crippen molar-refractivity contribution in [2.45, 2.75) is 6.10 Å². The fraction of sp³-hybridized carbons (Fsp3) is 0.333. The van der Waals surface area contributed by atoms with Crippen molar-refractivity contribution >= 4 is 0 Å². The summed E-state index contributed by atoms with van der Waals surface area (Å²) in [5.74, 6) is -0.954. The normalized spacial score (nSPS) is 12.6. The first-order valence-electron chi connectivity index (χ1n) is 4.04. The SMILES string of the molecule is COc1cc(O)c(C(O)CN)cc1F. The van der Waals surface area contributed by atoms with Crippen molar-refractivity contribution in [3.05, 3.63) is 23.5 Å². The molecule has 1 unspecified atom stereocenters. The van der Waals surface area contributed by atoms with Gasteiger partial charge in [0.25, 0.3) is 0 Å².